The van der Waals surface area contributed by atoms with Gasteiger partial charge in [0.1, 0.15) is 11.5 Å². The van der Waals surface area contributed by atoms with E-state index in [-0.39, 0.29) is 11.3 Å². The maximum atomic E-state index is 13.2. The fourth-order valence-electron chi connectivity index (χ4n) is 4.30. The molecule has 2 aliphatic rings. The zero-order chi connectivity index (χ0) is 24.9. The second-order valence-corrected chi connectivity index (χ2v) is 9.66. The van der Waals surface area contributed by atoms with Gasteiger partial charge in [-0.1, -0.05) is 37.6 Å². The smallest absolute Gasteiger partial charge is 0.295 e. The summed E-state index contributed by atoms with van der Waals surface area (Å²) in [6.45, 7) is 8.54. The molecule has 0 bridgehead atoms. The molecule has 0 aliphatic carbocycles. The summed E-state index contributed by atoms with van der Waals surface area (Å²) in [6, 6.07) is 13.2. The predicted molar refractivity (Wildman–Crippen MR) is 134 cm³/mol. The lowest BCUT2D eigenvalue weighted by Gasteiger charge is -2.31. The number of carbonyl (C=O) groups is 2. The first-order chi connectivity index (χ1) is 16.8. The molecule has 0 aromatic heterocycles. The summed E-state index contributed by atoms with van der Waals surface area (Å²) < 4.78 is 11.1. The van der Waals surface area contributed by atoms with E-state index in [9.17, 15) is 14.7 Å². The number of aliphatic hydroxyl groups is 1. The van der Waals surface area contributed by atoms with E-state index in [1.807, 2.05) is 0 Å². The third-order valence-electron chi connectivity index (χ3n) is 6.20. The van der Waals surface area contributed by atoms with Gasteiger partial charge < -0.3 is 19.5 Å². The first-order valence-corrected chi connectivity index (χ1v) is 12.3. The Kier molecular flexibility index (Phi) is 8.11. The molecular formula is C27H31ClN2O5. The van der Waals surface area contributed by atoms with Crippen molar-refractivity contribution in [3.8, 4) is 5.75 Å². The van der Waals surface area contributed by atoms with E-state index in [0.717, 1.165) is 13.1 Å². The molecule has 2 fully saturated rings. The van der Waals surface area contributed by atoms with Gasteiger partial charge in [0.05, 0.1) is 31.4 Å². The number of hydrogen-bond acceptors (Lipinski definition) is 6. The number of nitrogens with zero attached hydrogens (tertiary/aromatic N) is 2. The number of carbonyl (C=O) groups excluding carboxylic acids is 2. The van der Waals surface area contributed by atoms with Gasteiger partial charge >= 0.3 is 0 Å². The highest BCUT2D eigenvalue weighted by atomic mass is 35.5. The van der Waals surface area contributed by atoms with Gasteiger partial charge in [-0.3, -0.25) is 14.5 Å². The molecule has 186 valence electrons. The maximum Gasteiger partial charge on any atom is 0.295 e. The van der Waals surface area contributed by atoms with Crippen LogP contribution < -0.4 is 4.74 Å². The highest BCUT2D eigenvalue weighted by molar-refractivity contribution is 6.46. The average Bonchev–Trinajstić information content (AvgIpc) is 3.12. The summed E-state index contributed by atoms with van der Waals surface area (Å²) in [4.78, 5) is 30.1. The molecule has 1 N–H and O–H groups in total. The van der Waals surface area contributed by atoms with Crippen LogP contribution in [0.4, 0.5) is 0 Å². The second kappa shape index (κ2) is 11.2. The number of ketones is 1. The Morgan fingerprint density at radius 2 is 1.71 bits per heavy atom. The van der Waals surface area contributed by atoms with Gasteiger partial charge in [0.15, 0.2) is 0 Å². The van der Waals surface area contributed by atoms with Crippen LogP contribution in [-0.2, 0) is 14.3 Å². The number of hydrogen-bond donors (Lipinski definition) is 1. The zero-order valence-electron chi connectivity index (χ0n) is 20.1. The quantitative estimate of drug-likeness (QED) is 0.335. The molecular weight excluding hydrogens is 468 g/mol. The number of amides is 1. The highest BCUT2D eigenvalue weighted by Crippen LogP contribution is 2.39. The standard InChI is InChI=1S/C27H31ClN2O5/c1-18(2)17-35-22-9-5-20(6-10-22)25(31)23-24(19-3-7-21(28)8-4-19)30(27(33)26(23)32)12-11-29-13-15-34-16-14-29/h3-10,18,24,31H,11-17H2,1-2H3. The van der Waals surface area contributed by atoms with Crippen LogP contribution in [-0.4, -0.2) is 72.6 Å². The molecule has 0 spiro atoms. The SMILES string of the molecule is CC(C)COc1ccc(C(O)=C2C(=O)C(=O)N(CCN3CCOCC3)C2c2ccc(Cl)cc2)cc1. The second-order valence-electron chi connectivity index (χ2n) is 9.23. The predicted octanol–water partition coefficient (Wildman–Crippen LogP) is 4.13. The molecule has 4 rings (SSSR count). The molecule has 0 radical (unpaired) electrons. The first kappa shape index (κ1) is 25.2. The van der Waals surface area contributed by atoms with Gasteiger partial charge in [-0.05, 0) is 47.9 Å². The number of benzene rings is 2. The Bertz CT molecular complexity index is 1080. The number of Topliss-reactive ketones (excluding diaryl/α,β-unsaturated/α-hetero) is 1. The summed E-state index contributed by atoms with van der Waals surface area (Å²) in [7, 11) is 0. The van der Waals surface area contributed by atoms with Crippen molar-refractivity contribution >= 4 is 29.1 Å². The van der Waals surface area contributed by atoms with Crippen molar-refractivity contribution in [2.45, 2.75) is 19.9 Å². The van der Waals surface area contributed by atoms with E-state index in [0.29, 0.717) is 60.7 Å². The number of ether oxygens (including phenoxy) is 2. The normalized spacial score (nSPS) is 20.6. The molecule has 0 saturated carbocycles. The van der Waals surface area contributed by atoms with Gasteiger partial charge in [0.25, 0.3) is 11.7 Å². The Morgan fingerprint density at radius 3 is 2.34 bits per heavy atom. The monoisotopic (exact) mass is 498 g/mol. The third-order valence-corrected chi connectivity index (χ3v) is 6.45. The molecule has 8 heteroatoms. The van der Waals surface area contributed by atoms with E-state index in [1.54, 1.807) is 53.4 Å². The van der Waals surface area contributed by atoms with Crippen molar-refractivity contribution < 1.29 is 24.2 Å². The van der Waals surface area contributed by atoms with Crippen molar-refractivity contribution in [1.29, 1.82) is 0 Å². The van der Waals surface area contributed by atoms with Crippen LogP contribution in [0.2, 0.25) is 5.02 Å². The Morgan fingerprint density at radius 1 is 1.06 bits per heavy atom. The third kappa shape index (κ3) is 5.86. The van der Waals surface area contributed by atoms with Crippen molar-refractivity contribution in [3.05, 3.63) is 70.3 Å². The van der Waals surface area contributed by atoms with Gasteiger partial charge in [0, 0.05) is 36.8 Å². The number of morpholine rings is 1. The minimum Gasteiger partial charge on any atom is -0.507 e. The molecule has 2 aliphatic heterocycles. The summed E-state index contributed by atoms with van der Waals surface area (Å²) in [5.74, 6) is -0.444. The van der Waals surface area contributed by atoms with E-state index in [2.05, 4.69) is 18.7 Å². The lowest BCUT2D eigenvalue weighted by Crippen LogP contribution is -2.42. The van der Waals surface area contributed by atoms with Gasteiger partial charge in [-0.15, -0.1) is 0 Å². The minimum atomic E-state index is -0.704. The average molecular weight is 499 g/mol. The van der Waals surface area contributed by atoms with Crippen molar-refractivity contribution in [2.24, 2.45) is 5.92 Å². The van der Waals surface area contributed by atoms with E-state index in [4.69, 9.17) is 21.1 Å². The molecule has 2 aromatic carbocycles. The Balaban J connectivity index is 1.66. The van der Waals surface area contributed by atoms with Crippen molar-refractivity contribution in [2.75, 3.05) is 46.0 Å². The van der Waals surface area contributed by atoms with Crippen LogP contribution in [0, 0.1) is 5.92 Å². The molecule has 2 aromatic rings. The molecule has 1 amide bonds. The van der Waals surface area contributed by atoms with Gasteiger partial charge in [-0.2, -0.15) is 0 Å². The fraction of sp³-hybridized carbons (Fsp3) is 0.407. The van der Waals surface area contributed by atoms with Crippen molar-refractivity contribution in [1.82, 2.24) is 9.80 Å². The van der Waals surface area contributed by atoms with Crippen molar-refractivity contribution in [3.63, 3.8) is 0 Å². The topological polar surface area (TPSA) is 79.3 Å². The number of halogens is 1. The molecule has 2 saturated heterocycles. The minimum absolute atomic E-state index is 0.0788. The largest absolute Gasteiger partial charge is 0.507 e. The molecule has 2 heterocycles. The fourth-order valence-corrected chi connectivity index (χ4v) is 4.43. The van der Waals surface area contributed by atoms with E-state index >= 15 is 0 Å². The molecule has 35 heavy (non-hydrogen) atoms. The van der Waals surface area contributed by atoms with Crippen LogP contribution >= 0.6 is 11.6 Å². The number of rotatable bonds is 8. The Hall–Kier alpha value is -2.87. The highest BCUT2D eigenvalue weighted by Gasteiger charge is 2.46. The van der Waals surface area contributed by atoms with Crippen LogP contribution in [0.15, 0.2) is 54.1 Å². The lowest BCUT2D eigenvalue weighted by molar-refractivity contribution is -0.140. The van der Waals surface area contributed by atoms with E-state index < -0.39 is 17.7 Å². The van der Waals surface area contributed by atoms with Gasteiger partial charge in [-0.25, -0.2) is 0 Å². The summed E-state index contributed by atoms with van der Waals surface area (Å²) in [5.41, 5.74) is 1.25. The summed E-state index contributed by atoms with van der Waals surface area (Å²) in [5, 5.41) is 11.8. The lowest BCUT2D eigenvalue weighted by atomic mass is 9.95. The molecule has 7 nitrogen and oxygen atoms in total. The van der Waals surface area contributed by atoms with Crippen LogP contribution in [0.1, 0.15) is 31.0 Å². The van der Waals surface area contributed by atoms with E-state index in [1.165, 1.54) is 0 Å². The molecule has 1 unspecified atom stereocenters. The van der Waals surface area contributed by atoms with Gasteiger partial charge in [0.2, 0.25) is 0 Å². The van der Waals surface area contributed by atoms with Crippen LogP contribution in [0.5, 0.6) is 5.75 Å². The summed E-state index contributed by atoms with van der Waals surface area (Å²) in [6.07, 6.45) is 0. The van der Waals surface area contributed by atoms with Crippen LogP contribution in [0.25, 0.3) is 5.76 Å². The number of aliphatic hydroxyl groups excluding tert-OH is 1. The number of likely N-dealkylation sites (tertiary alicyclic amines) is 1. The molecule has 1 atom stereocenters. The zero-order valence-corrected chi connectivity index (χ0v) is 20.8. The summed E-state index contributed by atoms with van der Waals surface area (Å²) >= 11 is 6.09. The Labute approximate surface area is 210 Å². The maximum absolute atomic E-state index is 13.2. The first-order valence-electron chi connectivity index (χ1n) is 11.9. The van der Waals surface area contributed by atoms with Crippen LogP contribution in [0.3, 0.4) is 0 Å².